The fraction of sp³-hybridized carbons (Fsp3) is 0.308. The van der Waals surface area contributed by atoms with Gasteiger partial charge in [-0.05, 0) is 19.2 Å². The molecule has 0 saturated heterocycles. The number of halogens is 2. The molecule has 3 nitrogen and oxygen atoms in total. The van der Waals surface area contributed by atoms with E-state index in [9.17, 15) is 8.78 Å². The van der Waals surface area contributed by atoms with Crippen LogP contribution in [-0.2, 0) is 13.5 Å². The van der Waals surface area contributed by atoms with Crippen LogP contribution < -0.4 is 5.32 Å². The molecule has 0 unspecified atom stereocenters. The van der Waals surface area contributed by atoms with Gasteiger partial charge in [0.1, 0.15) is 11.6 Å². The first-order valence-corrected chi connectivity index (χ1v) is 5.74. The Labute approximate surface area is 104 Å². The first-order valence-electron chi connectivity index (χ1n) is 5.74. The number of rotatable bonds is 4. The summed E-state index contributed by atoms with van der Waals surface area (Å²) >= 11 is 0. The lowest BCUT2D eigenvalue weighted by Crippen LogP contribution is -2.11. The summed E-state index contributed by atoms with van der Waals surface area (Å²) in [5.41, 5.74) is 1.90. The SMILES string of the molecule is CNCCc1nn(C)cc1-c1ccc(F)cc1F. The highest BCUT2D eigenvalue weighted by molar-refractivity contribution is 5.66. The number of hydrogen-bond acceptors (Lipinski definition) is 2. The molecule has 0 aliphatic carbocycles. The Morgan fingerprint density at radius 2 is 2.06 bits per heavy atom. The molecule has 18 heavy (non-hydrogen) atoms. The van der Waals surface area contributed by atoms with Crippen LogP contribution in [0, 0.1) is 11.6 Å². The Hall–Kier alpha value is -1.75. The first kappa shape index (κ1) is 12.7. The first-order chi connectivity index (χ1) is 8.61. The smallest absolute Gasteiger partial charge is 0.134 e. The van der Waals surface area contributed by atoms with Gasteiger partial charge >= 0.3 is 0 Å². The molecule has 5 heteroatoms. The molecule has 1 N–H and O–H groups in total. The van der Waals surface area contributed by atoms with Crippen LogP contribution >= 0.6 is 0 Å². The second-order valence-corrected chi connectivity index (χ2v) is 4.14. The normalized spacial score (nSPS) is 10.9. The van der Waals surface area contributed by atoms with Crippen molar-refractivity contribution in [1.29, 1.82) is 0 Å². The van der Waals surface area contributed by atoms with Gasteiger partial charge in [0.15, 0.2) is 0 Å². The van der Waals surface area contributed by atoms with Crippen molar-refractivity contribution >= 4 is 0 Å². The Morgan fingerprint density at radius 3 is 2.72 bits per heavy atom. The standard InChI is InChI=1S/C13H15F2N3/c1-16-6-5-13-11(8-18(2)17-13)10-4-3-9(14)7-12(10)15/h3-4,7-8,16H,5-6H2,1-2H3. The van der Waals surface area contributed by atoms with Gasteiger partial charge in [0.05, 0.1) is 5.69 Å². The number of aryl methyl sites for hydroxylation is 1. The number of hydrogen-bond donors (Lipinski definition) is 1. The fourth-order valence-corrected chi connectivity index (χ4v) is 1.90. The van der Waals surface area contributed by atoms with Crippen LogP contribution in [0.25, 0.3) is 11.1 Å². The van der Waals surface area contributed by atoms with Gasteiger partial charge in [0, 0.05) is 43.4 Å². The van der Waals surface area contributed by atoms with Gasteiger partial charge in [-0.1, -0.05) is 0 Å². The topological polar surface area (TPSA) is 29.9 Å². The molecule has 1 heterocycles. The quantitative estimate of drug-likeness (QED) is 0.902. The van der Waals surface area contributed by atoms with Crippen molar-refractivity contribution in [2.24, 2.45) is 7.05 Å². The van der Waals surface area contributed by atoms with E-state index >= 15 is 0 Å². The Kier molecular flexibility index (Phi) is 3.72. The molecule has 0 atom stereocenters. The van der Waals surface area contributed by atoms with E-state index in [-0.39, 0.29) is 0 Å². The highest BCUT2D eigenvalue weighted by Crippen LogP contribution is 2.26. The average molecular weight is 251 g/mol. The van der Waals surface area contributed by atoms with Gasteiger partial charge < -0.3 is 5.32 Å². The van der Waals surface area contributed by atoms with Crippen LogP contribution in [0.5, 0.6) is 0 Å². The van der Waals surface area contributed by atoms with Crippen LogP contribution in [0.4, 0.5) is 8.78 Å². The number of likely N-dealkylation sites (N-methyl/N-ethyl adjacent to an activating group) is 1. The van der Waals surface area contributed by atoms with Crippen molar-refractivity contribution in [3.8, 4) is 11.1 Å². The summed E-state index contributed by atoms with van der Waals surface area (Å²) in [5, 5.41) is 7.33. The van der Waals surface area contributed by atoms with E-state index in [1.54, 1.807) is 17.9 Å². The average Bonchev–Trinajstić information content (AvgIpc) is 2.67. The summed E-state index contributed by atoms with van der Waals surface area (Å²) in [7, 11) is 3.63. The van der Waals surface area contributed by atoms with Crippen LogP contribution in [0.3, 0.4) is 0 Å². The molecule has 2 aromatic rings. The minimum Gasteiger partial charge on any atom is -0.319 e. The molecule has 0 radical (unpaired) electrons. The Balaban J connectivity index is 2.42. The largest absolute Gasteiger partial charge is 0.319 e. The summed E-state index contributed by atoms with van der Waals surface area (Å²) in [6.07, 6.45) is 2.45. The van der Waals surface area contributed by atoms with E-state index in [1.807, 2.05) is 7.05 Å². The van der Waals surface area contributed by atoms with Gasteiger partial charge in [0.25, 0.3) is 0 Å². The lowest BCUT2D eigenvalue weighted by molar-refractivity contribution is 0.585. The lowest BCUT2D eigenvalue weighted by atomic mass is 10.0. The van der Waals surface area contributed by atoms with E-state index < -0.39 is 11.6 Å². The third kappa shape index (κ3) is 2.56. The maximum Gasteiger partial charge on any atom is 0.134 e. The van der Waals surface area contributed by atoms with Crippen molar-refractivity contribution in [3.05, 3.63) is 41.7 Å². The number of benzene rings is 1. The molecule has 0 saturated carbocycles. The molecule has 0 bridgehead atoms. The molecule has 2 rings (SSSR count). The van der Waals surface area contributed by atoms with Crippen molar-refractivity contribution in [2.45, 2.75) is 6.42 Å². The van der Waals surface area contributed by atoms with Gasteiger partial charge in [0.2, 0.25) is 0 Å². The summed E-state index contributed by atoms with van der Waals surface area (Å²) < 4.78 is 28.3. The van der Waals surface area contributed by atoms with E-state index in [1.165, 1.54) is 12.1 Å². The minimum atomic E-state index is -0.572. The second-order valence-electron chi connectivity index (χ2n) is 4.14. The lowest BCUT2D eigenvalue weighted by Gasteiger charge is -2.04. The predicted molar refractivity (Wildman–Crippen MR) is 66.2 cm³/mol. The molecule has 0 aliphatic rings. The summed E-state index contributed by atoms with van der Waals surface area (Å²) in [6, 6.07) is 3.60. The molecule has 1 aromatic heterocycles. The molecule has 0 amide bonds. The van der Waals surface area contributed by atoms with Crippen molar-refractivity contribution in [3.63, 3.8) is 0 Å². The van der Waals surface area contributed by atoms with Crippen LogP contribution in [0.15, 0.2) is 24.4 Å². The molecule has 0 aliphatic heterocycles. The number of nitrogens with one attached hydrogen (secondary N) is 1. The Bertz CT molecular complexity index is 549. The molecular weight excluding hydrogens is 236 g/mol. The fourth-order valence-electron chi connectivity index (χ4n) is 1.90. The second kappa shape index (κ2) is 5.27. The maximum absolute atomic E-state index is 13.8. The van der Waals surface area contributed by atoms with E-state index in [2.05, 4.69) is 10.4 Å². The zero-order valence-electron chi connectivity index (χ0n) is 10.4. The summed E-state index contributed by atoms with van der Waals surface area (Å²) in [4.78, 5) is 0. The summed E-state index contributed by atoms with van der Waals surface area (Å²) in [6.45, 7) is 0.757. The van der Waals surface area contributed by atoms with Gasteiger partial charge in [-0.3, -0.25) is 4.68 Å². The molecular formula is C13H15F2N3. The molecule has 0 spiro atoms. The Morgan fingerprint density at radius 1 is 1.28 bits per heavy atom. The van der Waals surface area contributed by atoms with Gasteiger partial charge in [-0.15, -0.1) is 0 Å². The van der Waals surface area contributed by atoms with E-state index in [0.29, 0.717) is 17.5 Å². The third-order valence-corrected chi connectivity index (χ3v) is 2.74. The predicted octanol–water partition coefficient (Wildman–Crippen LogP) is 2.13. The van der Waals surface area contributed by atoms with Crippen molar-refractivity contribution in [1.82, 2.24) is 15.1 Å². The van der Waals surface area contributed by atoms with Crippen LogP contribution in [0.2, 0.25) is 0 Å². The highest BCUT2D eigenvalue weighted by Gasteiger charge is 2.13. The highest BCUT2D eigenvalue weighted by atomic mass is 19.1. The molecule has 0 fully saturated rings. The number of aromatic nitrogens is 2. The number of nitrogens with zero attached hydrogens (tertiary/aromatic N) is 2. The summed E-state index contributed by atoms with van der Waals surface area (Å²) in [5.74, 6) is -1.13. The van der Waals surface area contributed by atoms with Crippen molar-refractivity contribution in [2.75, 3.05) is 13.6 Å². The molecule has 1 aromatic carbocycles. The van der Waals surface area contributed by atoms with E-state index in [0.717, 1.165) is 18.3 Å². The zero-order valence-corrected chi connectivity index (χ0v) is 10.4. The van der Waals surface area contributed by atoms with E-state index in [4.69, 9.17) is 0 Å². The van der Waals surface area contributed by atoms with Crippen LogP contribution in [-0.4, -0.2) is 23.4 Å². The minimum absolute atomic E-state index is 0.385. The van der Waals surface area contributed by atoms with Crippen molar-refractivity contribution < 1.29 is 8.78 Å². The maximum atomic E-state index is 13.8. The van der Waals surface area contributed by atoms with Crippen LogP contribution in [0.1, 0.15) is 5.69 Å². The zero-order chi connectivity index (χ0) is 13.1. The monoisotopic (exact) mass is 251 g/mol. The van der Waals surface area contributed by atoms with Gasteiger partial charge in [-0.2, -0.15) is 5.10 Å². The molecule has 96 valence electrons. The van der Waals surface area contributed by atoms with Gasteiger partial charge in [-0.25, -0.2) is 8.78 Å². The third-order valence-electron chi connectivity index (χ3n) is 2.74.